The van der Waals surface area contributed by atoms with Gasteiger partial charge in [0.1, 0.15) is 0 Å². The van der Waals surface area contributed by atoms with Gasteiger partial charge in [0, 0.05) is 11.6 Å². The van der Waals surface area contributed by atoms with Gasteiger partial charge in [-0.2, -0.15) is 0 Å². The van der Waals surface area contributed by atoms with Crippen molar-refractivity contribution >= 4 is 11.7 Å². The van der Waals surface area contributed by atoms with Crippen LogP contribution in [0.5, 0.6) is 0 Å². The van der Waals surface area contributed by atoms with Crippen molar-refractivity contribution in [1.29, 1.82) is 0 Å². The van der Waals surface area contributed by atoms with Gasteiger partial charge >= 0.3 is 0 Å². The SMILES string of the molecule is C=CC(=O)c1ccccc1C(C)C(=O)NC1CCCCC1. The van der Waals surface area contributed by atoms with Crippen LogP contribution in [0.15, 0.2) is 36.9 Å². The van der Waals surface area contributed by atoms with Gasteiger partial charge in [-0.05, 0) is 31.4 Å². The van der Waals surface area contributed by atoms with E-state index in [0.29, 0.717) is 5.56 Å². The Morgan fingerprint density at radius 2 is 1.90 bits per heavy atom. The molecule has 0 aliphatic heterocycles. The van der Waals surface area contributed by atoms with Gasteiger partial charge in [-0.1, -0.05) is 50.1 Å². The number of ketones is 1. The second kappa shape index (κ2) is 7.21. The Balaban J connectivity index is 2.11. The zero-order valence-corrected chi connectivity index (χ0v) is 12.6. The van der Waals surface area contributed by atoms with E-state index in [1.54, 1.807) is 6.07 Å². The van der Waals surface area contributed by atoms with Crippen LogP contribution in [0, 0.1) is 0 Å². The average Bonchev–Trinajstić information content (AvgIpc) is 2.54. The molecule has 1 aliphatic rings. The Kier molecular flexibility index (Phi) is 5.32. The van der Waals surface area contributed by atoms with Crippen LogP contribution in [0.25, 0.3) is 0 Å². The molecule has 0 saturated heterocycles. The zero-order valence-electron chi connectivity index (χ0n) is 12.6. The highest BCUT2D eigenvalue weighted by Gasteiger charge is 2.23. The molecule has 112 valence electrons. The summed E-state index contributed by atoms with van der Waals surface area (Å²) in [6, 6.07) is 7.56. The minimum Gasteiger partial charge on any atom is -0.353 e. The van der Waals surface area contributed by atoms with Crippen molar-refractivity contribution in [3.8, 4) is 0 Å². The van der Waals surface area contributed by atoms with Gasteiger partial charge in [-0.3, -0.25) is 9.59 Å². The predicted molar refractivity (Wildman–Crippen MR) is 84.4 cm³/mol. The van der Waals surface area contributed by atoms with Crippen LogP contribution in [0.2, 0.25) is 0 Å². The number of amides is 1. The van der Waals surface area contributed by atoms with E-state index in [-0.39, 0.29) is 23.7 Å². The fraction of sp³-hybridized carbons (Fsp3) is 0.444. The Hall–Kier alpha value is -1.90. The van der Waals surface area contributed by atoms with Crippen LogP contribution in [0.4, 0.5) is 0 Å². The summed E-state index contributed by atoms with van der Waals surface area (Å²) >= 11 is 0. The number of allylic oxidation sites excluding steroid dienone is 1. The maximum atomic E-state index is 12.4. The lowest BCUT2D eigenvalue weighted by Crippen LogP contribution is -2.38. The smallest absolute Gasteiger partial charge is 0.227 e. The molecule has 0 heterocycles. The molecule has 1 atom stereocenters. The molecule has 1 N–H and O–H groups in total. The molecule has 3 nitrogen and oxygen atoms in total. The summed E-state index contributed by atoms with van der Waals surface area (Å²) in [6.07, 6.45) is 7.05. The van der Waals surface area contributed by atoms with Crippen LogP contribution in [-0.2, 0) is 4.79 Å². The van der Waals surface area contributed by atoms with Gasteiger partial charge in [0.15, 0.2) is 5.78 Å². The van der Waals surface area contributed by atoms with E-state index in [0.717, 1.165) is 18.4 Å². The number of rotatable bonds is 5. The van der Waals surface area contributed by atoms with E-state index in [4.69, 9.17) is 0 Å². The molecule has 1 aliphatic carbocycles. The number of hydrogen-bond donors (Lipinski definition) is 1. The zero-order chi connectivity index (χ0) is 15.2. The third-order valence-corrected chi connectivity index (χ3v) is 4.22. The van der Waals surface area contributed by atoms with Gasteiger partial charge in [0.05, 0.1) is 5.92 Å². The highest BCUT2D eigenvalue weighted by Crippen LogP contribution is 2.23. The van der Waals surface area contributed by atoms with Crippen molar-refractivity contribution in [2.24, 2.45) is 0 Å². The third kappa shape index (κ3) is 3.81. The van der Waals surface area contributed by atoms with Gasteiger partial charge in [-0.15, -0.1) is 0 Å². The van der Waals surface area contributed by atoms with E-state index < -0.39 is 0 Å². The standard InChI is InChI=1S/C18H23NO2/c1-3-17(20)16-12-8-7-11-15(16)13(2)18(21)19-14-9-5-4-6-10-14/h3,7-8,11-14H,1,4-6,9-10H2,2H3,(H,19,21). The molecule has 0 aromatic heterocycles. The minimum atomic E-state index is -0.327. The number of carbonyl (C=O) groups is 2. The monoisotopic (exact) mass is 285 g/mol. The van der Waals surface area contributed by atoms with Crippen molar-refractivity contribution in [3.63, 3.8) is 0 Å². The Bertz CT molecular complexity index is 530. The molecule has 1 saturated carbocycles. The lowest BCUT2D eigenvalue weighted by Gasteiger charge is -2.25. The van der Waals surface area contributed by atoms with Crippen molar-refractivity contribution in [2.75, 3.05) is 0 Å². The third-order valence-electron chi connectivity index (χ3n) is 4.22. The van der Waals surface area contributed by atoms with Crippen molar-refractivity contribution in [1.82, 2.24) is 5.32 Å². The first-order valence-electron chi connectivity index (χ1n) is 7.69. The van der Waals surface area contributed by atoms with Crippen LogP contribution < -0.4 is 5.32 Å². The van der Waals surface area contributed by atoms with Gasteiger partial charge in [0.2, 0.25) is 5.91 Å². The first kappa shape index (κ1) is 15.5. The quantitative estimate of drug-likeness (QED) is 0.663. The maximum Gasteiger partial charge on any atom is 0.227 e. The fourth-order valence-electron chi connectivity index (χ4n) is 2.92. The molecular formula is C18H23NO2. The van der Waals surface area contributed by atoms with E-state index in [9.17, 15) is 9.59 Å². The number of carbonyl (C=O) groups excluding carboxylic acids is 2. The Morgan fingerprint density at radius 1 is 1.24 bits per heavy atom. The second-order valence-electron chi connectivity index (χ2n) is 5.72. The van der Waals surface area contributed by atoms with Crippen molar-refractivity contribution in [3.05, 3.63) is 48.0 Å². The van der Waals surface area contributed by atoms with Crippen molar-refractivity contribution in [2.45, 2.75) is 51.0 Å². The number of hydrogen-bond acceptors (Lipinski definition) is 2. The summed E-state index contributed by atoms with van der Waals surface area (Å²) in [7, 11) is 0. The summed E-state index contributed by atoms with van der Waals surface area (Å²) in [5.74, 6) is -0.457. The molecule has 3 heteroatoms. The van der Waals surface area contributed by atoms with Crippen molar-refractivity contribution < 1.29 is 9.59 Å². The van der Waals surface area contributed by atoms with Gasteiger partial charge in [-0.25, -0.2) is 0 Å². The van der Waals surface area contributed by atoms with Crippen LogP contribution in [-0.4, -0.2) is 17.7 Å². The largest absolute Gasteiger partial charge is 0.353 e. The van der Waals surface area contributed by atoms with Crippen LogP contribution in [0.1, 0.15) is 60.9 Å². The molecular weight excluding hydrogens is 262 g/mol. The molecule has 1 amide bonds. The molecule has 1 fully saturated rings. The summed E-state index contributed by atoms with van der Waals surface area (Å²) < 4.78 is 0. The van der Waals surface area contributed by atoms with E-state index in [1.807, 2.05) is 25.1 Å². The highest BCUT2D eigenvalue weighted by molar-refractivity contribution is 6.06. The van der Waals surface area contributed by atoms with Gasteiger partial charge in [0.25, 0.3) is 0 Å². The molecule has 0 bridgehead atoms. The van der Waals surface area contributed by atoms with E-state index in [1.165, 1.54) is 25.3 Å². The number of benzene rings is 1. The maximum absolute atomic E-state index is 12.4. The number of nitrogens with one attached hydrogen (secondary N) is 1. The molecule has 1 unspecified atom stereocenters. The normalized spacial score (nSPS) is 17.0. The minimum absolute atomic E-state index is 0.00575. The van der Waals surface area contributed by atoms with Crippen LogP contribution >= 0.6 is 0 Å². The molecule has 2 rings (SSSR count). The Morgan fingerprint density at radius 3 is 2.57 bits per heavy atom. The fourth-order valence-corrected chi connectivity index (χ4v) is 2.92. The molecule has 0 spiro atoms. The lowest BCUT2D eigenvalue weighted by molar-refractivity contribution is -0.123. The van der Waals surface area contributed by atoms with E-state index in [2.05, 4.69) is 11.9 Å². The second-order valence-corrected chi connectivity index (χ2v) is 5.72. The summed E-state index contributed by atoms with van der Waals surface area (Å²) in [5.41, 5.74) is 1.34. The topological polar surface area (TPSA) is 46.2 Å². The molecule has 21 heavy (non-hydrogen) atoms. The lowest BCUT2D eigenvalue weighted by atomic mass is 9.91. The van der Waals surface area contributed by atoms with Gasteiger partial charge < -0.3 is 5.32 Å². The summed E-state index contributed by atoms with van der Waals surface area (Å²) in [5, 5.41) is 3.13. The molecule has 0 radical (unpaired) electrons. The highest BCUT2D eigenvalue weighted by atomic mass is 16.2. The Labute approximate surface area is 126 Å². The average molecular weight is 285 g/mol. The summed E-state index contributed by atoms with van der Waals surface area (Å²) in [4.78, 5) is 24.3. The first-order chi connectivity index (χ1) is 10.1. The van der Waals surface area contributed by atoms with Crippen LogP contribution in [0.3, 0.4) is 0 Å². The first-order valence-corrected chi connectivity index (χ1v) is 7.69. The van der Waals surface area contributed by atoms with E-state index >= 15 is 0 Å². The summed E-state index contributed by atoms with van der Waals surface area (Å²) in [6.45, 7) is 5.38. The molecule has 1 aromatic carbocycles. The predicted octanol–water partition coefficient (Wildman–Crippen LogP) is 3.61. The molecule has 1 aromatic rings.